The van der Waals surface area contributed by atoms with Crippen LogP contribution < -0.4 is 0 Å². The summed E-state index contributed by atoms with van der Waals surface area (Å²) in [7, 11) is 0. The number of para-hydroxylation sites is 3. The minimum atomic E-state index is 0.354. The summed E-state index contributed by atoms with van der Waals surface area (Å²) in [6.07, 6.45) is 0. The first-order valence-electron chi connectivity index (χ1n) is 14.2. The van der Waals surface area contributed by atoms with E-state index in [-0.39, 0.29) is 0 Å². The van der Waals surface area contributed by atoms with Crippen molar-refractivity contribution in [3.63, 3.8) is 0 Å². The summed E-state index contributed by atoms with van der Waals surface area (Å²) >= 11 is 0. The van der Waals surface area contributed by atoms with Crippen molar-refractivity contribution in [2.75, 3.05) is 0 Å². The molecule has 0 radical (unpaired) electrons. The van der Waals surface area contributed by atoms with Crippen LogP contribution in [0.5, 0.6) is 0 Å². The highest BCUT2D eigenvalue weighted by molar-refractivity contribution is 6.17. The predicted molar refractivity (Wildman–Crippen MR) is 175 cm³/mol. The fourth-order valence-electron chi connectivity index (χ4n) is 6.56. The van der Waals surface area contributed by atoms with Gasteiger partial charge in [-0.25, -0.2) is 0 Å². The first kappa shape index (κ1) is 25.1. The number of nitrogens with zero attached hydrogens (tertiary/aromatic N) is 5. The molecule has 0 amide bonds. The van der Waals surface area contributed by atoms with Gasteiger partial charge in [-0.05, 0) is 71.8 Å². The Hall–Kier alpha value is -6.61. The van der Waals surface area contributed by atoms with Crippen molar-refractivity contribution in [1.29, 1.82) is 15.8 Å². The lowest BCUT2D eigenvalue weighted by Crippen LogP contribution is -1.97. The van der Waals surface area contributed by atoms with Crippen molar-refractivity contribution in [2.45, 2.75) is 0 Å². The fraction of sp³-hybridized carbons (Fsp3) is 0. The summed E-state index contributed by atoms with van der Waals surface area (Å²) in [5, 5.41) is 33.5. The SMILES string of the molecule is N#Cc1ccc(-n2c3ccccc3c3c(-c4ccc5c(c4)c4ccccc4n5-c4ccccc4C#N)cccc32)cc1C#N. The largest absolute Gasteiger partial charge is 0.309 e. The van der Waals surface area contributed by atoms with Crippen LogP contribution in [0.2, 0.25) is 0 Å². The highest BCUT2D eigenvalue weighted by atomic mass is 15.0. The predicted octanol–water partition coefficient (Wildman–Crippen LogP) is 9.16. The molecule has 8 aromatic rings. The van der Waals surface area contributed by atoms with Gasteiger partial charge >= 0.3 is 0 Å². The number of hydrogen-bond donors (Lipinski definition) is 0. The number of benzene rings is 6. The van der Waals surface area contributed by atoms with E-state index in [0.29, 0.717) is 16.7 Å². The molecule has 5 heteroatoms. The van der Waals surface area contributed by atoms with Crippen molar-refractivity contribution < 1.29 is 0 Å². The molecule has 0 N–H and O–H groups in total. The molecule has 0 aliphatic heterocycles. The Morgan fingerprint density at radius 1 is 0.432 bits per heavy atom. The van der Waals surface area contributed by atoms with E-state index >= 15 is 0 Å². The quantitative estimate of drug-likeness (QED) is 0.216. The number of aromatic nitrogens is 2. The number of fused-ring (bicyclic) bond motifs is 6. The highest BCUT2D eigenvalue weighted by Crippen LogP contribution is 2.41. The van der Waals surface area contributed by atoms with Gasteiger partial charge in [-0.1, -0.05) is 66.7 Å². The first-order valence-corrected chi connectivity index (χ1v) is 14.2. The summed E-state index contributed by atoms with van der Waals surface area (Å²) in [5.74, 6) is 0. The van der Waals surface area contributed by atoms with E-state index in [4.69, 9.17) is 0 Å². The van der Waals surface area contributed by atoms with Gasteiger partial charge in [-0.3, -0.25) is 0 Å². The van der Waals surface area contributed by atoms with Gasteiger partial charge in [0.15, 0.2) is 0 Å². The number of rotatable bonds is 3. The van der Waals surface area contributed by atoms with E-state index in [2.05, 4.69) is 94.1 Å². The van der Waals surface area contributed by atoms with Gasteiger partial charge < -0.3 is 9.13 Å². The molecule has 2 heterocycles. The van der Waals surface area contributed by atoms with Gasteiger partial charge in [0, 0.05) is 27.2 Å². The van der Waals surface area contributed by atoms with Crippen LogP contribution in [0.1, 0.15) is 16.7 Å². The van der Waals surface area contributed by atoms with Crippen LogP contribution in [0.25, 0.3) is 66.1 Å². The molecule has 8 rings (SSSR count). The first-order chi connectivity index (χ1) is 21.7. The Kier molecular flexibility index (Phi) is 5.56. The van der Waals surface area contributed by atoms with E-state index in [9.17, 15) is 15.8 Å². The Balaban J connectivity index is 1.41. The second-order valence-corrected chi connectivity index (χ2v) is 10.7. The molecule has 0 bridgehead atoms. The molecule has 44 heavy (non-hydrogen) atoms. The molecule has 0 fully saturated rings. The zero-order valence-corrected chi connectivity index (χ0v) is 23.4. The summed E-state index contributed by atoms with van der Waals surface area (Å²) in [5.41, 5.74) is 9.34. The lowest BCUT2D eigenvalue weighted by atomic mass is 9.98. The van der Waals surface area contributed by atoms with Gasteiger partial charge in [0.2, 0.25) is 0 Å². The van der Waals surface area contributed by atoms with Crippen molar-refractivity contribution in [2.24, 2.45) is 0 Å². The van der Waals surface area contributed by atoms with Crippen LogP contribution in [-0.4, -0.2) is 9.13 Å². The molecule has 0 aliphatic rings. The molecule has 0 unspecified atom stereocenters. The maximum atomic E-state index is 9.89. The highest BCUT2D eigenvalue weighted by Gasteiger charge is 2.19. The molecule has 202 valence electrons. The summed E-state index contributed by atoms with van der Waals surface area (Å²) in [4.78, 5) is 0. The third-order valence-electron chi connectivity index (χ3n) is 8.45. The average Bonchev–Trinajstić information content (AvgIpc) is 3.60. The molecule has 6 aromatic carbocycles. The zero-order chi connectivity index (χ0) is 29.8. The monoisotopic (exact) mass is 559 g/mol. The molecular weight excluding hydrogens is 538 g/mol. The van der Waals surface area contributed by atoms with Crippen molar-refractivity contribution in [1.82, 2.24) is 9.13 Å². The van der Waals surface area contributed by atoms with Crippen molar-refractivity contribution in [3.8, 4) is 40.7 Å². The molecule has 0 spiro atoms. The number of hydrogen-bond acceptors (Lipinski definition) is 3. The van der Waals surface area contributed by atoms with Crippen molar-refractivity contribution in [3.05, 3.63) is 144 Å². The van der Waals surface area contributed by atoms with E-state index in [1.807, 2.05) is 48.5 Å². The molecule has 0 saturated heterocycles. The lowest BCUT2D eigenvalue weighted by molar-refractivity contribution is 1.17. The van der Waals surface area contributed by atoms with E-state index < -0.39 is 0 Å². The standard InChI is InChI=1S/C39H21N5/c40-22-26-16-18-29(20-28(26)24-42)43-36-14-6-3-10-32(36)39-30(11-7-15-38(39)43)25-17-19-37-33(21-25)31-9-2-5-13-35(31)44(37)34-12-4-1-8-27(34)23-41/h1-21H. The van der Waals surface area contributed by atoms with Crippen LogP contribution in [0.3, 0.4) is 0 Å². The Bertz CT molecular complexity index is 2600. The van der Waals surface area contributed by atoms with Gasteiger partial charge in [-0.15, -0.1) is 0 Å². The second kappa shape index (κ2) is 9.74. The van der Waals surface area contributed by atoms with Crippen LogP contribution in [0.4, 0.5) is 0 Å². The summed E-state index contributed by atoms with van der Waals surface area (Å²) < 4.78 is 4.34. The molecule has 0 atom stereocenters. The lowest BCUT2D eigenvalue weighted by Gasteiger charge is -2.11. The van der Waals surface area contributed by atoms with Crippen LogP contribution >= 0.6 is 0 Å². The van der Waals surface area contributed by atoms with Crippen molar-refractivity contribution >= 4 is 43.6 Å². The van der Waals surface area contributed by atoms with E-state index in [0.717, 1.165) is 66.1 Å². The normalized spacial score (nSPS) is 11.1. The van der Waals surface area contributed by atoms with Gasteiger partial charge in [0.25, 0.3) is 0 Å². The summed E-state index contributed by atoms with van der Waals surface area (Å²) in [6.45, 7) is 0. The molecule has 0 saturated carbocycles. The third kappa shape index (κ3) is 3.56. The maximum absolute atomic E-state index is 9.89. The fourth-order valence-corrected chi connectivity index (χ4v) is 6.56. The van der Waals surface area contributed by atoms with E-state index in [1.165, 1.54) is 0 Å². The van der Waals surface area contributed by atoms with Crippen LogP contribution in [0, 0.1) is 34.0 Å². The molecule has 5 nitrogen and oxygen atoms in total. The number of nitriles is 3. The molecule has 0 aliphatic carbocycles. The van der Waals surface area contributed by atoms with E-state index in [1.54, 1.807) is 12.1 Å². The Morgan fingerprint density at radius 3 is 1.89 bits per heavy atom. The Labute approximate surface area is 252 Å². The van der Waals surface area contributed by atoms with Gasteiger partial charge in [0.1, 0.15) is 18.2 Å². The minimum absolute atomic E-state index is 0.354. The average molecular weight is 560 g/mol. The minimum Gasteiger partial charge on any atom is -0.309 e. The van der Waals surface area contributed by atoms with Crippen LogP contribution in [0.15, 0.2) is 127 Å². The van der Waals surface area contributed by atoms with Gasteiger partial charge in [0.05, 0.1) is 44.4 Å². The molecule has 2 aromatic heterocycles. The Morgan fingerprint density at radius 2 is 1.09 bits per heavy atom. The topological polar surface area (TPSA) is 81.2 Å². The van der Waals surface area contributed by atoms with Gasteiger partial charge in [-0.2, -0.15) is 15.8 Å². The smallest absolute Gasteiger partial charge is 0.101 e. The third-order valence-corrected chi connectivity index (χ3v) is 8.45. The summed E-state index contributed by atoms with van der Waals surface area (Å²) in [6, 6.07) is 49.3. The maximum Gasteiger partial charge on any atom is 0.101 e. The molecular formula is C39H21N5. The second-order valence-electron chi connectivity index (χ2n) is 10.7. The zero-order valence-electron chi connectivity index (χ0n) is 23.4. The van der Waals surface area contributed by atoms with Crippen LogP contribution in [-0.2, 0) is 0 Å².